The SMILES string of the molecule is CN(C)C1CCN(CC(O)Cn2cc([N+](=O)[O-])cn2)CC1. The number of aliphatic hydroxyl groups is 1. The van der Waals surface area contributed by atoms with E-state index in [0.29, 0.717) is 12.6 Å². The van der Waals surface area contributed by atoms with E-state index in [4.69, 9.17) is 0 Å². The van der Waals surface area contributed by atoms with E-state index in [1.54, 1.807) is 0 Å². The zero-order valence-electron chi connectivity index (χ0n) is 12.6. The van der Waals surface area contributed by atoms with Gasteiger partial charge in [0.25, 0.3) is 0 Å². The molecule has 1 fully saturated rings. The van der Waals surface area contributed by atoms with E-state index in [2.05, 4.69) is 29.0 Å². The maximum Gasteiger partial charge on any atom is 0.306 e. The summed E-state index contributed by atoms with van der Waals surface area (Å²) in [4.78, 5) is 14.6. The van der Waals surface area contributed by atoms with Crippen molar-refractivity contribution in [2.45, 2.75) is 31.5 Å². The molecule has 0 spiro atoms. The van der Waals surface area contributed by atoms with Crippen LogP contribution >= 0.6 is 0 Å². The molecule has 2 rings (SSSR count). The average Bonchev–Trinajstić information content (AvgIpc) is 2.87. The van der Waals surface area contributed by atoms with Crippen LogP contribution in [-0.2, 0) is 6.54 Å². The quantitative estimate of drug-likeness (QED) is 0.595. The summed E-state index contributed by atoms with van der Waals surface area (Å²) in [6, 6.07) is 0.618. The van der Waals surface area contributed by atoms with Gasteiger partial charge in [-0.2, -0.15) is 5.10 Å². The number of aliphatic hydroxyl groups excluding tert-OH is 1. The van der Waals surface area contributed by atoms with E-state index in [0.717, 1.165) is 25.9 Å². The van der Waals surface area contributed by atoms with Crippen LogP contribution < -0.4 is 0 Å². The van der Waals surface area contributed by atoms with E-state index >= 15 is 0 Å². The number of rotatable bonds is 6. The van der Waals surface area contributed by atoms with Crippen LogP contribution in [0, 0.1) is 10.1 Å². The molecule has 0 aliphatic carbocycles. The highest BCUT2D eigenvalue weighted by Gasteiger charge is 2.22. The third-order valence-electron chi connectivity index (χ3n) is 3.98. The Hall–Kier alpha value is -1.51. The molecular formula is C13H23N5O3. The first kappa shape index (κ1) is 15.9. The van der Waals surface area contributed by atoms with Gasteiger partial charge in [-0.05, 0) is 40.0 Å². The lowest BCUT2D eigenvalue weighted by Crippen LogP contribution is -2.45. The van der Waals surface area contributed by atoms with Gasteiger partial charge in [0.1, 0.15) is 12.4 Å². The van der Waals surface area contributed by atoms with Crippen LogP contribution in [-0.4, -0.2) is 75.5 Å². The molecule has 1 atom stereocenters. The summed E-state index contributed by atoms with van der Waals surface area (Å²) < 4.78 is 1.43. The maximum absolute atomic E-state index is 10.6. The van der Waals surface area contributed by atoms with Gasteiger partial charge in [0, 0.05) is 12.6 Å². The number of nitro groups is 1. The molecule has 1 unspecified atom stereocenters. The Morgan fingerprint density at radius 3 is 2.67 bits per heavy atom. The van der Waals surface area contributed by atoms with Gasteiger partial charge in [0.2, 0.25) is 0 Å². The fraction of sp³-hybridized carbons (Fsp3) is 0.769. The standard InChI is InChI=1S/C13H23N5O3/c1-15(2)11-3-5-16(6-4-11)9-13(19)10-17-8-12(7-14-17)18(20)21/h7-8,11,13,19H,3-6,9-10H2,1-2H3. The summed E-state index contributed by atoms with van der Waals surface area (Å²) in [7, 11) is 4.19. The summed E-state index contributed by atoms with van der Waals surface area (Å²) >= 11 is 0. The second-order valence-electron chi connectivity index (χ2n) is 5.83. The molecule has 8 nitrogen and oxygen atoms in total. The van der Waals surface area contributed by atoms with Gasteiger partial charge in [-0.3, -0.25) is 14.8 Å². The summed E-state index contributed by atoms with van der Waals surface area (Å²) in [6.07, 6.45) is 4.19. The van der Waals surface area contributed by atoms with Crippen molar-refractivity contribution in [3.63, 3.8) is 0 Å². The number of piperidine rings is 1. The van der Waals surface area contributed by atoms with Gasteiger partial charge in [-0.25, -0.2) is 0 Å². The molecule has 1 aromatic heterocycles. The van der Waals surface area contributed by atoms with Gasteiger partial charge in [0.05, 0.1) is 17.6 Å². The Morgan fingerprint density at radius 2 is 2.14 bits per heavy atom. The fourth-order valence-electron chi connectivity index (χ4n) is 2.74. The normalized spacial score (nSPS) is 19.0. The van der Waals surface area contributed by atoms with Gasteiger partial charge >= 0.3 is 5.69 Å². The number of nitrogens with zero attached hydrogens (tertiary/aromatic N) is 5. The average molecular weight is 297 g/mol. The lowest BCUT2D eigenvalue weighted by atomic mass is 10.0. The first-order valence-electron chi connectivity index (χ1n) is 7.19. The number of hydrogen-bond donors (Lipinski definition) is 1. The Labute approximate surface area is 124 Å². The monoisotopic (exact) mass is 297 g/mol. The van der Waals surface area contributed by atoms with Crippen molar-refractivity contribution < 1.29 is 10.0 Å². The molecule has 1 aliphatic heterocycles. The first-order chi connectivity index (χ1) is 9.95. The van der Waals surface area contributed by atoms with E-state index in [-0.39, 0.29) is 12.2 Å². The molecule has 21 heavy (non-hydrogen) atoms. The third-order valence-corrected chi connectivity index (χ3v) is 3.98. The third kappa shape index (κ3) is 4.48. The minimum Gasteiger partial charge on any atom is -0.390 e. The molecule has 1 N–H and O–H groups in total. The second kappa shape index (κ2) is 6.97. The summed E-state index contributed by atoms with van der Waals surface area (Å²) in [5.41, 5.74) is -0.0472. The van der Waals surface area contributed by atoms with Crippen LogP contribution in [0.4, 0.5) is 5.69 Å². The number of aromatic nitrogens is 2. The minimum atomic E-state index is -0.569. The lowest BCUT2D eigenvalue weighted by molar-refractivity contribution is -0.385. The molecule has 0 radical (unpaired) electrons. The summed E-state index contributed by atoms with van der Waals surface area (Å²) in [6.45, 7) is 2.80. The van der Waals surface area contributed by atoms with Crippen LogP contribution in [0.3, 0.4) is 0 Å². The van der Waals surface area contributed by atoms with E-state index in [1.807, 2.05) is 0 Å². The molecule has 0 amide bonds. The lowest BCUT2D eigenvalue weighted by Gasteiger charge is -2.35. The molecule has 1 aromatic rings. The van der Waals surface area contributed by atoms with Crippen LogP contribution in [0.5, 0.6) is 0 Å². The van der Waals surface area contributed by atoms with E-state index in [9.17, 15) is 15.2 Å². The second-order valence-corrected chi connectivity index (χ2v) is 5.83. The number of likely N-dealkylation sites (tertiary alicyclic amines) is 1. The number of β-amino-alcohol motifs (C(OH)–C–C–N with tert-alkyl or cyclic N) is 1. The van der Waals surface area contributed by atoms with Crippen molar-refractivity contribution in [3.05, 3.63) is 22.5 Å². The molecule has 2 heterocycles. The topological polar surface area (TPSA) is 87.7 Å². The molecule has 8 heteroatoms. The van der Waals surface area contributed by atoms with Crippen molar-refractivity contribution in [2.24, 2.45) is 0 Å². The highest BCUT2D eigenvalue weighted by molar-refractivity contribution is 5.20. The van der Waals surface area contributed by atoms with Crippen molar-refractivity contribution in [1.29, 1.82) is 0 Å². The molecule has 0 saturated carbocycles. The molecule has 1 saturated heterocycles. The van der Waals surface area contributed by atoms with Gasteiger partial charge in [-0.1, -0.05) is 0 Å². The van der Waals surface area contributed by atoms with E-state index < -0.39 is 11.0 Å². The fourth-order valence-corrected chi connectivity index (χ4v) is 2.74. The minimum absolute atomic E-state index is 0.0472. The predicted molar refractivity (Wildman–Crippen MR) is 78.0 cm³/mol. The molecule has 0 bridgehead atoms. The van der Waals surface area contributed by atoms with Crippen LogP contribution in [0.1, 0.15) is 12.8 Å². The number of hydrogen-bond acceptors (Lipinski definition) is 6. The van der Waals surface area contributed by atoms with Crippen LogP contribution in [0.15, 0.2) is 12.4 Å². The zero-order chi connectivity index (χ0) is 15.4. The zero-order valence-corrected chi connectivity index (χ0v) is 12.6. The summed E-state index contributed by atoms with van der Waals surface area (Å²) in [5.74, 6) is 0. The Bertz CT molecular complexity index is 468. The van der Waals surface area contributed by atoms with E-state index in [1.165, 1.54) is 17.1 Å². The first-order valence-corrected chi connectivity index (χ1v) is 7.19. The van der Waals surface area contributed by atoms with Crippen LogP contribution in [0.25, 0.3) is 0 Å². The molecule has 118 valence electrons. The molecule has 1 aliphatic rings. The van der Waals surface area contributed by atoms with Gasteiger partial charge < -0.3 is 14.9 Å². The summed E-state index contributed by atoms with van der Waals surface area (Å²) in [5, 5.41) is 24.6. The molecule has 0 aromatic carbocycles. The van der Waals surface area contributed by atoms with Crippen molar-refractivity contribution in [1.82, 2.24) is 19.6 Å². The highest BCUT2D eigenvalue weighted by Crippen LogP contribution is 2.15. The molecular weight excluding hydrogens is 274 g/mol. The predicted octanol–water partition coefficient (Wildman–Crippen LogP) is 0.178. The highest BCUT2D eigenvalue weighted by atomic mass is 16.6. The maximum atomic E-state index is 10.6. The van der Waals surface area contributed by atoms with Crippen molar-refractivity contribution in [2.75, 3.05) is 33.7 Å². The Kier molecular flexibility index (Phi) is 5.27. The van der Waals surface area contributed by atoms with Crippen molar-refractivity contribution >= 4 is 5.69 Å². The smallest absolute Gasteiger partial charge is 0.306 e. The Morgan fingerprint density at radius 1 is 1.48 bits per heavy atom. The van der Waals surface area contributed by atoms with Gasteiger partial charge in [-0.15, -0.1) is 0 Å². The van der Waals surface area contributed by atoms with Gasteiger partial charge in [0.15, 0.2) is 0 Å². The largest absolute Gasteiger partial charge is 0.390 e. The van der Waals surface area contributed by atoms with Crippen LogP contribution in [0.2, 0.25) is 0 Å². The van der Waals surface area contributed by atoms with Crippen molar-refractivity contribution in [3.8, 4) is 0 Å². The Balaban J connectivity index is 1.77.